The van der Waals surface area contributed by atoms with Gasteiger partial charge in [-0.3, -0.25) is 9.48 Å². The molecule has 0 aliphatic carbocycles. The normalized spacial score (nSPS) is 10.8. The van der Waals surface area contributed by atoms with Crippen molar-refractivity contribution in [2.24, 2.45) is 0 Å². The van der Waals surface area contributed by atoms with Crippen LogP contribution in [-0.2, 0) is 11.3 Å². The fourth-order valence-corrected chi connectivity index (χ4v) is 1.78. The summed E-state index contributed by atoms with van der Waals surface area (Å²) in [6.45, 7) is 3.18. The summed E-state index contributed by atoms with van der Waals surface area (Å²) in [5, 5.41) is 6.96. The van der Waals surface area contributed by atoms with Crippen molar-refractivity contribution in [3.8, 4) is 0 Å². The third-order valence-corrected chi connectivity index (χ3v) is 2.74. The lowest BCUT2D eigenvalue weighted by Gasteiger charge is -2.02. The molecule has 0 unspecified atom stereocenters. The molecule has 0 radical (unpaired) electrons. The minimum Gasteiger partial charge on any atom is -0.399 e. The van der Waals surface area contributed by atoms with Crippen LogP contribution in [0.4, 0.5) is 5.69 Å². The van der Waals surface area contributed by atoms with Crippen LogP contribution >= 0.6 is 0 Å². The van der Waals surface area contributed by atoms with E-state index in [-0.39, 0.29) is 5.91 Å². The van der Waals surface area contributed by atoms with Crippen LogP contribution in [0.3, 0.4) is 0 Å². The lowest BCUT2D eigenvalue weighted by molar-refractivity contribution is -0.116. The first-order valence-corrected chi connectivity index (χ1v) is 6.44. The van der Waals surface area contributed by atoms with E-state index in [9.17, 15) is 4.79 Å². The Morgan fingerprint density at radius 3 is 3.05 bits per heavy atom. The van der Waals surface area contributed by atoms with Gasteiger partial charge in [-0.1, -0.05) is 12.1 Å². The van der Waals surface area contributed by atoms with Gasteiger partial charge in [0.15, 0.2) is 0 Å². The smallest absolute Gasteiger partial charge is 0.244 e. The average molecular weight is 270 g/mol. The molecule has 0 saturated heterocycles. The molecule has 1 heterocycles. The minimum absolute atomic E-state index is 0.128. The highest BCUT2D eigenvalue weighted by Crippen LogP contribution is 2.07. The van der Waals surface area contributed by atoms with Gasteiger partial charge >= 0.3 is 0 Å². The first-order valence-electron chi connectivity index (χ1n) is 6.44. The summed E-state index contributed by atoms with van der Waals surface area (Å²) in [5.74, 6) is -0.128. The van der Waals surface area contributed by atoms with Crippen LogP contribution in [0.2, 0.25) is 0 Å². The van der Waals surface area contributed by atoms with E-state index in [1.165, 1.54) is 6.08 Å². The van der Waals surface area contributed by atoms with Crippen molar-refractivity contribution in [2.75, 3.05) is 12.3 Å². The van der Waals surface area contributed by atoms with Gasteiger partial charge in [0.1, 0.15) is 0 Å². The Bertz CT molecular complexity index is 616. The Kier molecular flexibility index (Phi) is 4.55. The van der Waals surface area contributed by atoms with Crippen molar-refractivity contribution >= 4 is 17.7 Å². The SMILES string of the molecule is Cc1cnn(CCNC(=O)/C=C/c2cccc(N)c2)c1. The molecule has 104 valence electrons. The topological polar surface area (TPSA) is 72.9 Å². The number of nitrogens with two attached hydrogens (primary N) is 1. The summed E-state index contributed by atoms with van der Waals surface area (Å²) >= 11 is 0. The van der Waals surface area contributed by atoms with Crippen molar-refractivity contribution in [2.45, 2.75) is 13.5 Å². The molecule has 5 heteroatoms. The van der Waals surface area contributed by atoms with E-state index in [0.717, 1.165) is 11.1 Å². The van der Waals surface area contributed by atoms with Crippen LogP contribution in [0.5, 0.6) is 0 Å². The van der Waals surface area contributed by atoms with Gasteiger partial charge in [-0.15, -0.1) is 0 Å². The number of amides is 1. The number of anilines is 1. The maximum absolute atomic E-state index is 11.6. The average Bonchev–Trinajstić information content (AvgIpc) is 2.82. The summed E-state index contributed by atoms with van der Waals surface area (Å²) in [7, 11) is 0. The maximum Gasteiger partial charge on any atom is 0.244 e. The standard InChI is InChI=1S/C15H18N4O/c1-12-10-18-19(11-12)8-7-17-15(20)6-5-13-3-2-4-14(16)9-13/h2-6,9-11H,7-8,16H2,1H3,(H,17,20)/b6-5+. The molecule has 0 aliphatic rings. The van der Waals surface area contributed by atoms with Gasteiger partial charge in [0.25, 0.3) is 0 Å². The maximum atomic E-state index is 11.6. The predicted molar refractivity (Wildman–Crippen MR) is 79.9 cm³/mol. The van der Waals surface area contributed by atoms with Gasteiger partial charge in [-0.05, 0) is 36.3 Å². The first kappa shape index (κ1) is 13.9. The largest absolute Gasteiger partial charge is 0.399 e. The molecule has 2 aromatic rings. The van der Waals surface area contributed by atoms with Gasteiger partial charge in [0, 0.05) is 24.5 Å². The van der Waals surface area contributed by atoms with Gasteiger partial charge in [-0.25, -0.2) is 0 Å². The molecule has 3 N–H and O–H groups in total. The third-order valence-electron chi connectivity index (χ3n) is 2.74. The van der Waals surface area contributed by atoms with Gasteiger partial charge in [-0.2, -0.15) is 5.10 Å². The molecule has 20 heavy (non-hydrogen) atoms. The number of carbonyl (C=O) groups is 1. The van der Waals surface area contributed by atoms with Gasteiger partial charge < -0.3 is 11.1 Å². The highest BCUT2D eigenvalue weighted by atomic mass is 16.1. The summed E-state index contributed by atoms with van der Waals surface area (Å²) < 4.78 is 1.80. The lowest BCUT2D eigenvalue weighted by atomic mass is 10.2. The lowest BCUT2D eigenvalue weighted by Crippen LogP contribution is -2.25. The van der Waals surface area contributed by atoms with E-state index in [0.29, 0.717) is 18.8 Å². The molecule has 0 spiro atoms. The summed E-state index contributed by atoms with van der Waals surface area (Å²) in [6.07, 6.45) is 6.98. The first-order chi connectivity index (χ1) is 9.63. The number of nitrogen functional groups attached to an aromatic ring is 1. The molecule has 0 atom stereocenters. The molecule has 1 amide bonds. The van der Waals surface area contributed by atoms with Crippen molar-refractivity contribution in [3.63, 3.8) is 0 Å². The van der Waals surface area contributed by atoms with Crippen LogP contribution in [0.1, 0.15) is 11.1 Å². The molecular weight excluding hydrogens is 252 g/mol. The van der Waals surface area contributed by atoms with Crippen LogP contribution in [0.15, 0.2) is 42.7 Å². The second kappa shape index (κ2) is 6.56. The van der Waals surface area contributed by atoms with Crippen LogP contribution in [0.25, 0.3) is 6.08 Å². The number of hydrogen-bond acceptors (Lipinski definition) is 3. The van der Waals surface area contributed by atoms with E-state index in [2.05, 4.69) is 10.4 Å². The fourth-order valence-electron chi connectivity index (χ4n) is 1.78. The highest BCUT2D eigenvalue weighted by Gasteiger charge is 1.97. The van der Waals surface area contributed by atoms with Crippen LogP contribution in [0, 0.1) is 6.92 Å². The number of hydrogen-bond donors (Lipinski definition) is 2. The van der Waals surface area contributed by atoms with E-state index >= 15 is 0 Å². The van der Waals surface area contributed by atoms with Crippen LogP contribution < -0.4 is 11.1 Å². The predicted octanol–water partition coefficient (Wildman–Crippen LogP) is 1.60. The van der Waals surface area contributed by atoms with Gasteiger partial charge in [0.2, 0.25) is 5.91 Å². The van der Waals surface area contributed by atoms with Crippen LogP contribution in [-0.4, -0.2) is 22.2 Å². The second-order valence-corrected chi connectivity index (χ2v) is 4.58. The van der Waals surface area contributed by atoms with Gasteiger partial charge in [0.05, 0.1) is 12.7 Å². The molecule has 2 rings (SSSR count). The summed E-state index contributed by atoms with van der Waals surface area (Å²) in [4.78, 5) is 11.6. The van der Waals surface area contributed by atoms with Crippen molar-refractivity contribution in [1.82, 2.24) is 15.1 Å². The van der Waals surface area contributed by atoms with Crippen molar-refractivity contribution in [1.29, 1.82) is 0 Å². The Balaban J connectivity index is 1.78. The fraction of sp³-hybridized carbons (Fsp3) is 0.200. The number of benzene rings is 1. The zero-order valence-electron chi connectivity index (χ0n) is 11.4. The van der Waals surface area contributed by atoms with E-state index < -0.39 is 0 Å². The number of nitrogens with one attached hydrogen (secondary N) is 1. The summed E-state index contributed by atoms with van der Waals surface area (Å²) in [6, 6.07) is 7.37. The summed E-state index contributed by atoms with van der Waals surface area (Å²) in [5.41, 5.74) is 8.36. The molecular formula is C15H18N4O. The Labute approximate surface area is 118 Å². The molecule has 0 fully saturated rings. The Hall–Kier alpha value is -2.56. The molecule has 0 saturated carbocycles. The number of nitrogens with zero attached hydrogens (tertiary/aromatic N) is 2. The quantitative estimate of drug-likeness (QED) is 0.640. The Morgan fingerprint density at radius 2 is 2.35 bits per heavy atom. The van der Waals surface area contributed by atoms with Crippen molar-refractivity contribution < 1.29 is 4.79 Å². The van der Waals surface area contributed by atoms with Crippen molar-refractivity contribution in [3.05, 3.63) is 53.9 Å². The number of aromatic nitrogens is 2. The molecule has 0 aliphatic heterocycles. The monoisotopic (exact) mass is 270 g/mol. The molecule has 0 bridgehead atoms. The number of carbonyl (C=O) groups excluding carboxylic acids is 1. The zero-order chi connectivity index (χ0) is 14.4. The zero-order valence-corrected chi connectivity index (χ0v) is 11.4. The number of rotatable bonds is 5. The van der Waals surface area contributed by atoms with E-state index in [1.54, 1.807) is 17.0 Å². The third kappa shape index (κ3) is 4.28. The number of aryl methyl sites for hydroxylation is 1. The van der Waals surface area contributed by atoms with E-state index in [4.69, 9.17) is 5.73 Å². The molecule has 1 aromatic carbocycles. The molecule has 5 nitrogen and oxygen atoms in total. The molecule has 1 aromatic heterocycles. The second-order valence-electron chi connectivity index (χ2n) is 4.58. The van der Waals surface area contributed by atoms with E-state index in [1.807, 2.05) is 37.4 Å². The minimum atomic E-state index is -0.128. The Morgan fingerprint density at radius 1 is 1.50 bits per heavy atom. The highest BCUT2D eigenvalue weighted by molar-refractivity contribution is 5.91.